The second-order valence-electron chi connectivity index (χ2n) is 8.89. The molecular formula is C24H45IN6. The molecule has 0 radical (unpaired) electrons. The molecule has 1 fully saturated rings. The number of benzene rings is 1. The molecule has 0 amide bonds. The quantitative estimate of drug-likeness (QED) is 0.255. The van der Waals surface area contributed by atoms with Crippen LogP contribution in [0.3, 0.4) is 0 Å². The lowest BCUT2D eigenvalue weighted by atomic mass is 10.1. The van der Waals surface area contributed by atoms with E-state index in [1.165, 1.54) is 31.7 Å². The summed E-state index contributed by atoms with van der Waals surface area (Å²) in [5.74, 6) is 1.51. The minimum absolute atomic E-state index is 0. The van der Waals surface area contributed by atoms with Crippen molar-refractivity contribution < 1.29 is 0 Å². The van der Waals surface area contributed by atoms with Crippen LogP contribution < -0.4 is 10.6 Å². The Morgan fingerprint density at radius 1 is 1.10 bits per heavy atom. The van der Waals surface area contributed by atoms with E-state index in [0.717, 1.165) is 45.1 Å². The largest absolute Gasteiger partial charge is 0.357 e. The van der Waals surface area contributed by atoms with E-state index < -0.39 is 0 Å². The van der Waals surface area contributed by atoms with E-state index in [9.17, 15) is 0 Å². The maximum absolute atomic E-state index is 4.85. The summed E-state index contributed by atoms with van der Waals surface area (Å²) in [5.41, 5.74) is 1.36. The molecular weight excluding hydrogens is 499 g/mol. The van der Waals surface area contributed by atoms with Gasteiger partial charge in [-0.05, 0) is 45.8 Å². The molecule has 1 aromatic carbocycles. The highest BCUT2D eigenvalue weighted by Gasteiger charge is 2.16. The molecule has 0 spiro atoms. The van der Waals surface area contributed by atoms with E-state index in [4.69, 9.17) is 4.99 Å². The molecule has 0 aromatic heterocycles. The minimum Gasteiger partial charge on any atom is -0.357 e. The Labute approximate surface area is 207 Å². The summed E-state index contributed by atoms with van der Waals surface area (Å²) in [4.78, 5) is 12.2. The zero-order chi connectivity index (χ0) is 21.8. The van der Waals surface area contributed by atoms with Crippen molar-refractivity contribution in [1.82, 2.24) is 25.3 Å². The molecule has 1 aliphatic heterocycles. The number of nitrogens with one attached hydrogen (secondary N) is 2. The number of likely N-dealkylation sites (N-methyl/N-ethyl adjacent to an activating group) is 1. The van der Waals surface area contributed by atoms with E-state index >= 15 is 0 Å². The lowest BCUT2D eigenvalue weighted by molar-refractivity contribution is 0.140. The Kier molecular flexibility index (Phi) is 14.4. The van der Waals surface area contributed by atoms with Gasteiger partial charge < -0.3 is 20.4 Å². The van der Waals surface area contributed by atoms with Crippen LogP contribution in [0, 0.1) is 5.92 Å². The van der Waals surface area contributed by atoms with Crippen LogP contribution in [0.25, 0.3) is 0 Å². The highest BCUT2D eigenvalue weighted by Crippen LogP contribution is 2.08. The molecule has 2 unspecified atom stereocenters. The summed E-state index contributed by atoms with van der Waals surface area (Å²) in [6.07, 6.45) is 1.09. The minimum atomic E-state index is 0. The van der Waals surface area contributed by atoms with Gasteiger partial charge in [-0.15, -0.1) is 24.0 Å². The van der Waals surface area contributed by atoms with Gasteiger partial charge in [0.25, 0.3) is 0 Å². The van der Waals surface area contributed by atoms with E-state index in [2.05, 4.69) is 90.5 Å². The average molecular weight is 545 g/mol. The molecule has 0 saturated carbocycles. The SMILES string of the molecule is CCNC(=NCC(C)CN1CCN(C)CC1)NCCC(C)N(C)Cc1ccccc1.I. The van der Waals surface area contributed by atoms with Crippen molar-refractivity contribution in [2.75, 3.05) is 66.5 Å². The predicted octanol–water partition coefficient (Wildman–Crippen LogP) is 2.95. The smallest absolute Gasteiger partial charge is 0.191 e. The van der Waals surface area contributed by atoms with Gasteiger partial charge in [-0.2, -0.15) is 0 Å². The maximum Gasteiger partial charge on any atom is 0.191 e. The van der Waals surface area contributed by atoms with Gasteiger partial charge in [0.05, 0.1) is 0 Å². The summed E-state index contributed by atoms with van der Waals surface area (Å²) < 4.78 is 0. The molecule has 1 aromatic rings. The van der Waals surface area contributed by atoms with Gasteiger partial charge in [0.1, 0.15) is 0 Å². The van der Waals surface area contributed by atoms with Crippen LogP contribution in [-0.2, 0) is 6.54 Å². The van der Waals surface area contributed by atoms with E-state index in [1.807, 2.05) is 0 Å². The van der Waals surface area contributed by atoms with E-state index in [1.54, 1.807) is 0 Å². The normalized spacial score (nSPS) is 17.8. The average Bonchev–Trinajstić information content (AvgIpc) is 2.74. The number of piperazine rings is 1. The number of guanidine groups is 1. The molecule has 0 aliphatic carbocycles. The lowest BCUT2D eigenvalue weighted by Gasteiger charge is -2.33. The molecule has 31 heavy (non-hydrogen) atoms. The van der Waals surface area contributed by atoms with Crippen molar-refractivity contribution in [3.8, 4) is 0 Å². The first-order valence-corrected chi connectivity index (χ1v) is 11.6. The van der Waals surface area contributed by atoms with Crippen molar-refractivity contribution in [3.05, 3.63) is 35.9 Å². The fourth-order valence-electron chi connectivity index (χ4n) is 3.76. The topological polar surface area (TPSA) is 46.1 Å². The fraction of sp³-hybridized carbons (Fsp3) is 0.708. The fourth-order valence-corrected chi connectivity index (χ4v) is 3.76. The number of rotatable bonds is 11. The predicted molar refractivity (Wildman–Crippen MR) is 144 cm³/mol. The number of halogens is 1. The molecule has 6 nitrogen and oxygen atoms in total. The Bertz CT molecular complexity index is 603. The van der Waals surface area contributed by atoms with Gasteiger partial charge >= 0.3 is 0 Å². The molecule has 178 valence electrons. The Morgan fingerprint density at radius 3 is 2.42 bits per heavy atom. The summed E-state index contributed by atoms with van der Waals surface area (Å²) in [7, 11) is 4.41. The van der Waals surface area contributed by atoms with Crippen LogP contribution >= 0.6 is 24.0 Å². The van der Waals surface area contributed by atoms with E-state index in [0.29, 0.717) is 12.0 Å². The standard InChI is InChI=1S/C24H44N6.HI/c1-6-25-24(27-18-21(2)19-30-16-14-28(4)15-17-30)26-13-12-22(3)29(5)20-23-10-8-7-9-11-23;/h7-11,21-22H,6,12-20H2,1-5H3,(H2,25,26,27);1H. The zero-order valence-corrected chi connectivity index (χ0v) is 22.6. The van der Waals surface area contributed by atoms with Crippen LogP contribution in [-0.4, -0.2) is 93.2 Å². The third-order valence-electron chi connectivity index (χ3n) is 5.95. The summed E-state index contributed by atoms with van der Waals surface area (Å²) in [5, 5.41) is 6.92. The maximum atomic E-state index is 4.85. The van der Waals surface area contributed by atoms with Gasteiger partial charge in [0.2, 0.25) is 0 Å². The number of hydrogen-bond donors (Lipinski definition) is 2. The Balaban J connectivity index is 0.00000480. The van der Waals surface area contributed by atoms with E-state index in [-0.39, 0.29) is 24.0 Å². The first kappa shape index (κ1) is 28.1. The Hall–Kier alpha value is -0.900. The molecule has 1 aliphatic rings. The van der Waals surface area contributed by atoms with Gasteiger partial charge in [0, 0.05) is 64.9 Å². The summed E-state index contributed by atoms with van der Waals surface area (Å²) in [6.45, 7) is 16.3. The van der Waals surface area contributed by atoms with Crippen LogP contribution in [0.1, 0.15) is 32.8 Å². The molecule has 0 bridgehead atoms. The number of nitrogens with zero attached hydrogens (tertiary/aromatic N) is 4. The highest BCUT2D eigenvalue weighted by atomic mass is 127. The monoisotopic (exact) mass is 544 g/mol. The zero-order valence-electron chi connectivity index (χ0n) is 20.3. The van der Waals surface area contributed by atoms with Gasteiger partial charge in [-0.1, -0.05) is 37.3 Å². The first-order valence-electron chi connectivity index (χ1n) is 11.6. The van der Waals surface area contributed by atoms with Crippen LogP contribution in [0.15, 0.2) is 35.3 Å². The third kappa shape index (κ3) is 11.5. The van der Waals surface area contributed by atoms with Gasteiger partial charge in [0.15, 0.2) is 5.96 Å². The van der Waals surface area contributed by atoms with Crippen LogP contribution in [0.2, 0.25) is 0 Å². The molecule has 2 atom stereocenters. The van der Waals surface area contributed by atoms with Gasteiger partial charge in [-0.3, -0.25) is 9.89 Å². The summed E-state index contributed by atoms with van der Waals surface area (Å²) >= 11 is 0. The molecule has 1 heterocycles. The van der Waals surface area contributed by atoms with Crippen LogP contribution in [0.4, 0.5) is 0 Å². The van der Waals surface area contributed by atoms with Crippen molar-refractivity contribution >= 4 is 29.9 Å². The molecule has 2 N–H and O–H groups in total. The molecule has 2 rings (SSSR count). The third-order valence-corrected chi connectivity index (χ3v) is 5.95. The highest BCUT2D eigenvalue weighted by molar-refractivity contribution is 14.0. The lowest BCUT2D eigenvalue weighted by Crippen LogP contribution is -2.46. The number of hydrogen-bond acceptors (Lipinski definition) is 4. The van der Waals surface area contributed by atoms with Gasteiger partial charge in [-0.25, -0.2) is 0 Å². The second kappa shape index (κ2) is 15.8. The molecule has 1 saturated heterocycles. The van der Waals surface area contributed by atoms with Crippen molar-refractivity contribution in [2.45, 2.75) is 39.8 Å². The van der Waals surface area contributed by atoms with Crippen molar-refractivity contribution in [1.29, 1.82) is 0 Å². The van der Waals surface area contributed by atoms with Crippen molar-refractivity contribution in [3.63, 3.8) is 0 Å². The number of aliphatic imine (C=N–C) groups is 1. The molecule has 7 heteroatoms. The first-order chi connectivity index (χ1) is 14.5. The second-order valence-corrected chi connectivity index (χ2v) is 8.89. The van der Waals surface area contributed by atoms with Crippen molar-refractivity contribution in [2.24, 2.45) is 10.9 Å². The summed E-state index contributed by atoms with van der Waals surface area (Å²) in [6, 6.07) is 11.2. The Morgan fingerprint density at radius 2 is 1.77 bits per heavy atom. The van der Waals surface area contributed by atoms with Crippen LogP contribution in [0.5, 0.6) is 0 Å².